The molecule has 0 aliphatic carbocycles. The lowest BCUT2D eigenvalue weighted by molar-refractivity contribution is -0.148. The normalized spacial score (nSPS) is 15.6. The van der Waals surface area contributed by atoms with Gasteiger partial charge in [0, 0.05) is 129 Å². The van der Waals surface area contributed by atoms with Gasteiger partial charge in [-0.15, -0.1) is 11.3 Å². The van der Waals surface area contributed by atoms with E-state index in [0.29, 0.717) is 62.9 Å². The van der Waals surface area contributed by atoms with Crippen molar-refractivity contribution >= 4 is 93.1 Å². The van der Waals surface area contributed by atoms with Crippen LogP contribution in [0.4, 0.5) is 9.59 Å². The lowest BCUT2D eigenvalue weighted by Crippen LogP contribution is -2.60. The molecule has 0 spiro atoms. The number of nitrogens with one attached hydrogen (secondary N) is 6. The van der Waals surface area contributed by atoms with E-state index < -0.39 is 108 Å². The topological polar surface area (TPSA) is 400 Å². The van der Waals surface area contributed by atoms with Crippen molar-refractivity contribution in [2.45, 2.75) is 233 Å². The number of hydrogen-bond donors (Lipinski definition) is 8. The summed E-state index contributed by atoms with van der Waals surface area (Å²) >= 11 is 1.47. The van der Waals surface area contributed by atoms with Gasteiger partial charge >= 0.3 is 18.1 Å². The Morgan fingerprint density at radius 2 is 1.36 bits per heavy atom. The molecule has 1 aliphatic rings. The number of carboxylic acid groups (broad SMARTS) is 1. The number of nitrogens with two attached hydrogens (primary N) is 1. The Kier molecular flexibility index (Phi) is 42.6. The number of benzene rings is 3. The number of methoxy groups -OCH3 is 2. The summed E-state index contributed by atoms with van der Waals surface area (Å²) in [7, 11) is 9.90. The van der Waals surface area contributed by atoms with Crippen molar-refractivity contribution < 1.29 is 86.3 Å². The van der Waals surface area contributed by atoms with Crippen LogP contribution in [0.25, 0.3) is 10.9 Å². The average molecular weight is 1710 g/mol. The number of aryl methyl sites for hydroxylation is 1. The summed E-state index contributed by atoms with van der Waals surface area (Å²) in [6, 6.07) is 20.2. The Bertz CT molecular complexity index is 4130. The van der Waals surface area contributed by atoms with Gasteiger partial charge in [0.25, 0.3) is 0 Å². The van der Waals surface area contributed by atoms with Crippen molar-refractivity contribution in [3.8, 4) is 0 Å². The lowest BCUT2D eigenvalue weighted by Gasteiger charge is -2.41. The predicted molar refractivity (Wildman–Crippen MR) is 461 cm³/mol. The number of hydrazine groups is 1. The molecule has 121 heavy (non-hydrogen) atoms. The SMILES string of the molecule is CC[C@H](C)[C@@H]([C@@H](CC(=O)N1CCC[C@H]1[C@H](OC)[C@@H](C)C(=O)N[C@@H](Cc1ccccc1)c1nccs1)OC)N(C)C(=O)[C@@H](NC(=O)[C@H](C(C)C)N(C)C(=O)OCc1ccc(CC(=O)[C@H](CCCNC(N)=O)NC(=O)[C@@H](CC(=O)CCOCCOCCCC(=O)[C@H](CCC(=O)O)NC(=O)CCn2c(CN(C)NC)cc3ccccc32)C(C)C)cc1)C(C)C. The number of likely N-dealkylation sites (tertiary alicyclic amines) is 1. The summed E-state index contributed by atoms with van der Waals surface area (Å²) in [5, 5.41) is 29.4. The number of urea groups is 1. The third-order valence-corrected chi connectivity index (χ3v) is 23.6. The molecule has 0 unspecified atom stereocenters. The summed E-state index contributed by atoms with van der Waals surface area (Å²) in [5.74, 6) is -7.09. The first kappa shape index (κ1) is 100. The van der Waals surface area contributed by atoms with Crippen LogP contribution in [0.2, 0.25) is 0 Å². The maximum absolute atomic E-state index is 15.0. The van der Waals surface area contributed by atoms with Gasteiger partial charge < -0.3 is 75.5 Å². The number of aromatic nitrogens is 2. The van der Waals surface area contributed by atoms with Gasteiger partial charge in [0.05, 0.1) is 81.1 Å². The molecule has 1 aliphatic heterocycles. The molecule has 6 rings (SSSR count). The first-order valence-corrected chi connectivity index (χ1v) is 43.3. The van der Waals surface area contributed by atoms with Crippen LogP contribution in [0.3, 0.4) is 0 Å². The number of nitrogens with zero attached hydrogens (tertiary/aromatic N) is 6. The van der Waals surface area contributed by atoms with E-state index in [1.807, 2.05) is 114 Å². The van der Waals surface area contributed by atoms with E-state index in [-0.39, 0.29) is 157 Å². The van der Waals surface area contributed by atoms with Gasteiger partial charge in [-0.2, -0.15) is 0 Å². The number of carbonyl (C=O) groups is 12. The van der Waals surface area contributed by atoms with Crippen LogP contribution in [-0.4, -0.2) is 236 Å². The second-order valence-electron chi connectivity index (χ2n) is 32.6. The molecular weight excluding hydrogens is 1570 g/mol. The summed E-state index contributed by atoms with van der Waals surface area (Å²) in [6.45, 7) is 18.4. The fraction of sp³-hybridized carbons (Fsp3) is 0.607. The minimum absolute atomic E-state index is 0.00281. The summed E-state index contributed by atoms with van der Waals surface area (Å²) in [4.78, 5) is 173. The van der Waals surface area contributed by atoms with Crippen molar-refractivity contribution in [3.63, 3.8) is 0 Å². The van der Waals surface area contributed by atoms with Crippen LogP contribution in [0.15, 0.2) is 96.5 Å². The number of hydrogen-bond acceptors (Lipinski definition) is 21. The number of primary amides is 1. The number of thiazole rings is 1. The molecule has 1 fully saturated rings. The molecular formula is C89H133N13O18S. The van der Waals surface area contributed by atoms with E-state index in [1.165, 1.54) is 30.4 Å². The Balaban J connectivity index is 0.963. The molecule has 9 amide bonds. The largest absolute Gasteiger partial charge is 0.481 e. The number of likely N-dealkylation sites (N-methyl/N-ethyl adjacent to an activating group) is 2. The van der Waals surface area contributed by atoms with Crippen molar-refractivity contribution in [1.82, 2.24) is 61.3 Å². The summed E-state index contributed by atoms with van der Waals surface area (Å²) in [5.41, 5.74) is 12.5. The monoisotopic (exact) mass is 1700 g/mol. The number of Topliss-reactive ketones (excluding diaryl/α,β-unsaturated/α-hetero) is 3. The van der Waals surface area contributed by atoms with Gasteiger partial charge in [-0.05, 0) is 110 Å². The van der Waals surface area contributed by atoms with Crippen molar-refractivity contribution in [2.75, 3.05) is 81.9 Å². The van der Waals surface area contributed by atoms with Gasteiger partial charge in [-0.25, -0.2) is 19.6 Å². The Morgan fingerprint density at radius 1 is 0.686 bits per heavy atom. The van der Waals surface area contributed by atoms with E-state index in [0.717, 1.165) is 27.2 Å². The fourth-order valence-corrected chi connectivity index (χ4v) is 16.3. The predicted octanol–water partition coefficient (Wildman–Crippen LogP) is 8.91. The van der Waals surface area contributed by atoms with Crippen LogP contribution < -0.4 is 37.7 Å². The third-order valence-electron chi connectivity index (χ3n) is 22.7. The average Bonchev–Trinajstić information content (AvgIpc) is 1.59. The van der Waals surface area contributed by atoms with Gasteiger partial charge in [0.15, 0.2) is 11.6 Å². The zero-order chi connectivity index (χ0) is 89.0. The van der Waals surface area contributed by atoms with Crippen LogP contribution in [-0.2, 0) is 104 Å². The number of fused-ring (bicyclic) bond motifs is 1. The fourth-order valence-electron chi connectivity index (χ4n) is 15.6. The zero-order valence-corrected chi connectivity index (χ0v) is 74.2. The van der Waals surface area contributed by atoms with Crippen LogP contribution >= 0.6 is 11.3 Å². The molecule has 0 bridgehead atoms. The first-order chi connectivity index (χ1) is 57.7. The number of carboxylic acids is 1. The molecule has 31 nitrogen and oxygen atoms in total. The maximum atomic E-state index is 15.0. The second kappa shape index (κ2) is 51.4. The highest BCUT2D eigenvalue weighted by Gasteiger charge is 2.44. The molecule has 3 aromatic carbocycles. The molecule has 0 radical (unpaired) electrons. The van der Waals surface area contributed by atoms with Gasteiger partial charge in [-0.1, -0.05) is 142 Å². The molecule has 9 N–H and O–H groups in total. The number of aliphatic carboxylic acids is 1. The van der Waals surface area contributed by atoms with E-state index in [2.05, 4.69) is 47.6 Å². The van der Waals surface area contributed by atoms with Crippen molar-refractivity contribution in [2.24, 2.45) is 41.2 Å². The summed E-state index contributed by atoms with van der Waals surface area (Å²) in [6.07, 6.45) is 2.10. The van der Waals surface area contributed by atoms with Crippen molar-refractivity contribution in [3.05, 3.63) is 124 Å². The Labute approximate surface area is 717 Å². The van der Waals surface area contributed by atoms with Gasteiger partial charge in [0.1, 0.15) is 29.5 Å². The number of para-hydroxylation sites is 1. The van der Waals surface area contributed by atoms with Gasteiger partial charge in [-0.3, -0.25) is 58.3 Å². The van der Waals surface area contributed by atoms with E-state index >= 15 is 0 Å². The number of amides is 9. The lowest BCUT2D eigenvalue weighted by atomic mass is 9.88. The van der Waals surface area contributed by atoms with Gasteiger partial charge in [0.2, 0.25) is 35.4 Å². The smallest absolute Gasteiger partial charge is 0.410 e. The first-order valence-electron chi connectivity index (χ1n) is 42.4. The molecule has 32 heteroatoms. The number of carbonyl (C=O) groups excluding carboxylic acids is 11. The van der Waals surface area contributed by atoms with Crippen molar-refractivity contribution in [1.29, 1.82) is 0 Å². The highest BCUT2D eigenvalue weighted by Crippen LogP contribution is 2.32. The van der Waals surface area contributed by atoms with E-state index in [9.17, 15) is 62.6 Å². The Morgan fingerprint density at radius 3 is 1.99 bits per heavy atom. The summed E-state index contributed by atoms with van der Waals surface area (Å²) < 4.78 is 31.5. The number of ether oxygens (including phenoxy) is 5. The highest BCUT2D eigenvalue weighted by atomic mass is 32.1. The molecule has 12 atom stereocenters. The molecule has 668 valence electrons. The Hall–Kier alpha value is -9.57. The molecule has 0 saturated carbocycles. The molecule has 5 aromatic rings. The molecule has 3 heterocycles. The third kappa shape index (κ3) is 31.7. The number of rotatable bonds is 56. The molecule has 1 saturated heterocycles. The minimum atomic E-state index is -1.09. The quantitative estimate of drug-likeness (QED) is 0.0133. The van der Waals surface area contributed by atoms with E-state index in [1.54, 1.807) is 82.1 Å². The van der Waals surface area contributed by atoms with Crippen LogP contribution in [0.1, 0.15) is 179 Å². The van der Waals surface area contributed by atoms with Crippen LogP contribution in [0, 0.1) is 35.5 Å². The van der Waals surface area contributed by atoms with E-state index in [4.69, 9.17) is 29.4 Å². The minimum Gasteiger partial charge on any atom is -0.481 e. The number of ketones is 3. The zero-order valence-electron chi connectivity index (χ0n) is 73.4. The highest BCUT2D eigenvalue weighted by molar-refractivity contribution is 7.09. The molecule has 2 aromatic heterocycles. The standard InChI is InChI=1S/C89H133N13O18S/c1-16-59(8)81(75(116-14)53-77(107)102-42-23-30-72(102)82(117-15)60(9)83(110)96-70(86-92-41-48-121-86)49-61-25-18-17-19-26-61)99(12)87(113)79(57(4)5)97-85(112)80(58(6)7)100(13)89(115)120-55-63-34-32-62(33-35-63)50-74(105)68(28-22-40-93-88(90)114)95-84(111)67(56(2)3)52-66(103)39-45-119-47-46-118-44-24-31-73(104)69(36-37-78(108)109)94-76(106)38-43-101-65(54-98(11)91-10)51-64-27-20-21-29-71(64)101/h17-21,25-27,29,32-35,41,48,51,56-60,67-70,72,75,79-82,91H,16,22-24,28,30-31,36-40,42-47,49-50,52-55H2,1-15H3,(H,94,106)(H,95,111)(H,96,110)(H,97,112)(H,108,109)(H3,90,93,114)/t59-,60+,67-,68-,69-,70-,72-,75+,79-,80-,81-,82+/m0/s1. The van der Waals surface area contributed by atoms with Crippen LogP contribution in [0.5, 0.6) is 0 Å². The maximum Gasteiger partial charge on any atom is 0.410 e. The second-order valence-corrected chi connectivity index (χ2v) is 33.5.